The topological polar surface area (TPSA) is 47.8 Å². The van der Waals surface area contributed by atoms with Crippen molar-refractivity contribution in [2.75, 3.05) is 0 Å². The molecule has 0 aliphatic heterocycles. The van der Waals surface area contributed by atoms with E-state index >= 15 is 0 Å². The lowest BCUT2D eigenvalue weighted by Gasteiger charge is -2.04. The SMILES string of the molecule is Cc1nc(C)n(-c2ccccc2C=O)n1. The Hall–Kier alpha value is -1.97. The van der Waals surface area contributed by atoms with Gasteiger partial charge in [-0.15, -0.1) is 0 Å². The third-order valence-electron chi connectivity index (χ3n) is 2.17. The van der Waals surface area contributed by atoms with Crippen LogP contribution in [-0.4, -0.2) is 21.1 Å². The van der Waals surface area contributed by atoms with Gasteiger partial charge in [0.1, 0.15) is 11.6 Å². The number of aldehydes is 1. The Bertz CT molecular complexity index is 502. The second-order valence-electron chi connectivity index (χ2n) is 3.29. The molecular formula is C11H11N3O. The predicted octanol–water partition coefficient (Wildman–Crippen LogP) is 1.70. The van der Waals surface area contributed by atoms with Crippen LogP contribution in [0.15, 0.2) is 24.3 Å². The van der Waals surface area contributed by atoms with Gasteiger partial charge >= 0.3 is 0 Å². The van der Waals surface area contributed by atoms with E-state index in [0.29, 0.717) is 11.4 Å². The summed E-state index contributed by atoms with van der Waals surface area (Å²) in [4.78, 5) is 15.1. The first kappa shape index (κ1) is 9.58. The molecule has 0 amide bonds. The van der Waals surface area contributed by atoms with Crippen molar-refractivity contribution >= 4 is 6.29 Å². The Balaban J connectivity index is 2.63. The summed E-state index contributed by atoms with van der Waals surface area (Å²) in [6.07, 6.45) is 0.825. The van der Waals surface area contributed by atoms with E-state index in [9.17, 15) is 4.79 Å². The Morgan fingerprint density at radius 1 is 1.27 bits per heavy atom. The van der Waals surface area contributed by atoms with Gasteiger partial charge in [0.2, 0.25) is 0 Å². The van der Waals surface area contributed by atoms with Gasteiger partial charge in [-0.25, -0.2) is 9.67 Å². The molecule has 0 aliphatic carbocycles. The monoisotopic (exact) mass is 201 g/mol. The molecular weight excluding hydrogens is 190 g/mol. The van der Waals surface area contributed by atoms with Gasteiger partial charge in [-0.2, -0.15) is 5.10 Å². The summed E-state index contributed by atoms with van der Waals surface area (Å²) >= 11 is 0. The van der Waals surface area contributed by atoms with Crippen molar-refractivity contribution in [2.45, 2.75) is 13.8 Å². The van der Waals surface area contributed by atoms with E-state index in [2.05, 4.69) is 10.1 Å². The highest BCUT2D eigenvalue weighted by Crippen LogP contribution is 2.13. The van der Waals surface area contributed by atoms with Gasteiger partial charge in [-0.3, -0.25) is 4.79 Å². The first-order valence-corrected chi connectivity index (χ1v) is 4.67. The van der Waals surface area contributed by atoms with Crippen molar-refractivity contribution in [1.82, 2.24) is 14.8 Å². The maximum absolute atomic E-state index is 10.9. The van der Waals surface area contributed by atoms with Gasteiger partial charge in [0.15, 0.2) is 6.29 Å². The fraction of sp³-hybridized carbons (Fsp3) is 0.182. The van der Waals surface area contributed by atoms with Crippen LogP contribution in [0.3, 0.4) is 0 Å². The molecule has 0 fully saturated rings. The van der Waals surface area contributed by atoms with Crippen LogP contribution in [-0.2, 0) is 0 Å². The zero-order chi connectivity index (χ0) is 10.8. The third kappa shape index (κ3) is 1.66. The Labute approximate surface area is 87.6 Å². The quantitative estimate of drug-likeness (QED) is 0.695. The average molecular weight is 201 g/mol. The van der Waals surface area contributed by atoms with Crippen LogP contribution in [0, 0.1) is 13.8 Å². The van der Waals surface area contributed by atoms with Crippen molar-refractivity contribution in [3.63, 3.8) is 0 Å². The number of aromatic nitrogens is 3. The molecule has 0 spiro atoms. The van der Waals surface area contributed by atoms with E-state index in [4.69, 9.17) is 0 Å². The zero-order valence-electron chi connectivity index (χ0n) is 8.64. The second kappa shape index (κ2) is 3.65. The molecule has 0 unspecified atom stereocenters. The summed E-state index contributed by atoms with van der Waals surface area (Å²) in [7, 11) is 0. The molecule has 0 aliphatic rings. The van der Waals surface area contributed by atoms with Crippen molar-refractivity contribution in [3.05, 3.63) is 41.5 Å². The molecule has 0 N–H and O–H groups in total. The van der Waals surface area contributed by atoms with Gasteiger partial charge in [0, 0.05) is 5.56 Å². The molecule has 1 aromatic carbocycles. The summed E-state index contributed by atoms with van der Waals surface area (Å²) in [5.74, 6) is 1.48. The summed E-state index contributed by atoms with van der Waals surface area (Å²) in [6, 6.07) is 7.31. The minimum Gasteiger partial charge on any atom is -0.298 e. The highest BCUT2D eigenvalue weighted by Gasteiger charge is 2.08. The number of carbonyl (C=O) groups is 1. The summed E-state index contributed by atoms with van der Waals surface area (Å²) < 4.78 is 1.68. The standard InChI is InChI=1S/C11H11N3O/c1-8-12-9(2)14(13-8)11-6-4-3-5-10(11)7-15/h3-7H,1-2H3. The smallest absolute Gasteiger partial charge is 0.152 e. The zero-order valence-corrected chi connectivity index (χ0v) is 8.64. The third-order valence-corrected chi connectivity index (χ3v) is 2.17. The summed E-state index contributed by atoms with van der Waals surface area (Å²) in [5, 5.41) is 4.24. The molecule has 76 valence electrons. The van der Waals surface area contributed by atoms with E-state index in [0.717, 1.165) is 17.8 Å². The van der Waals surface area contributed by atoms with Gasteiger partial charge in [-0.1, -0.05) is 12.1 Å². The molecule has 4 heteroatoms. The molecule has 1 heterocycles. The Morgan fingerprint density at radius 2 is 2.00 bits per heavy atom. The molecule has 15 heavy (non-hydrogen) atoms. The van der Waals surface area contributed by atoms with E-state index in [1.807, 2.05) is 32.0 Å². The number of para-hydroxylation sites is 1. The van der Waals surface area contributed by atoms with Crippen LogP contribution in [0.5, 0.6) is 0 Å². The fourth-order valence-electron chi connectivity index (χ4n) is 1.53. The minimum atomic E-state index is 0.616. The van der Waals surface area contributed by atoms with Gasteiger partial charge < -0.3 is 0 Å². The van der Waals surface area contributed by atoms with Crippen molar-refractivity contribution < 1.29 is 4.79 Å². The Morgan fingerprint density at radius 3 is 2.60 bits per heavy atom. The van der Waals surface area contributed by atoms with Crippen LogP contribution < -0.4 is 0 Å². The first-order valence-electron chi connectivity index (χ1n) is 4.67. The Kier molecular flexibility index (Phi) is 2.33. The number of rotatable bonds is 2. The van der Waals surface area contributed by atoms with E-state index in [1.165, 1.54) is 0 Å². The van der Waals surface area contributed by atoms with Crippen molar-refractivity contribution in [2.24, 2.45) is 0 Å². The highest BCUT2D eigenvalue weighted by atomic mass is 16.1. The van der Waals surface area contributed by atoms with Crippen molar-refractivity contribution in [1.29, 1.82) is 0 Å². The molecule has 0 bridgehead atoms. The fourth-order valence-corrected chi connectivity index (χ4v) is 1.53. The maximum Gasteiger partial charge on any atom is 0.152 e. The van der Waals surface area contributed by atoms with Crippen LogP contribution in [0.25, 0.3) is 5.69 Å². The van der Waals surface area contributed by atoms with Crippen LogP contribution in [0.2, 0.25) is 0 Å². The number of nitrogens with zero attached hydrogens (tertiary/aromatic N) is 3. The van der Waals surface area contributed by atoms with Crippen LogP contribution >= 0.6 is 0 Å². The first-order chi connectivity index (χ1) is 7.22. The number of benzene rings is 1. The molecule has 0 saturated carbocycles. The molecule has 0 atom stereocenters. The lowest BCUT2D eigenvalue weighted by Crippen LogP contribution is -2.02. The lowest BCUT2D eigenvalue weighted by molar-refractivity contribution is 0.112. The van der Waals surface area contributed by atoms with Crippen molar-refractivity contribution in [3.8, 4) is 5.69 Å². The minimum absolute atomic E-state index is 0.616. The maximum atomic E-state index is 10.9. The van der Waals surface area contributed by atoms with Crippen LogP contribution in [0.4, 0.5) is 0 Å². The number of hydrogen-bond donors (Lipinski definition) is 0. The average Bonchev–Trinajstić information content (AvgIpc) is 2.57. The van der Waals surface area contributed by atoms with Crippen LogP contribution in [0.1, 0.15) is 22.0 Å². The van der Waals surface area contributed by atoms with E-state index in [-0.39, 0.29) is 0 Å². The molecule has 0 saturated heterocycles. The second-order valence-corrected chi connectivity index (χ2v) is 3.29. The normalized spacial score (nSPS) is 10.3. The molecule has 2 rings (SSSR count). The molecule has 2 aromatic rings. The van der Waals surface area contributed by atoms with E-state index in [1.54, 1.807) is 10.7 Å². The highest BCUT2D eigenvalue weighted by molar-refractivity contribution is 5.80. The van der Waals surface area contributed by atoms with E-state index < -0.39 is 0 Å². The summed E-state index contributed by atoms with van der Waals surface area (Å²) in [6.45, 7) is 3.69. The summed E-state index contributed by atoms with van der Waals surface area (Å²) in [5.41, 5.74) is 1.39. The molecule has 1 aromatic heterocycles. The van der Waals surface area contributed by atoms with Gasteiger partial charge in [0.25, 0.3) is 0 Å². The molecule has 0 radical (unpaired) electrons. The number of carbonyl (C=O) groups excluding carboxylic acids is 1. The lowest BCUT2D eigenvalue weighted by atomic mass is 10.2. The predicted molar refractivity (Wildman–Crippen MR) is 56.2 cm³/mol. The number of hydrogen-bond acceptors (Lipinski definition) is 3. The van der Waals surface area contributed by atoms with Gasteiger partial charge in [0.05, 0.1) is 5.69 Å². The largest absolute Gasteiger partial charge is 0.298 e. The number of aryl methyl sites for hydroxylation is 2. The van der Waals surface area contributed by atoms with Gasteiger partial charge in [-0.05, 0) is 26.0 Å². The molecule has 4 nitrogen and oxygen atoms in total.